The van der Waals surface area contributed by atoms with Gasteiger partial charge in [-0.1, -0.05) is 31.4 Å². The van der Waals surface area contributed by atoms with E-state index in [1.54, 1.807) is 11.6 Å². The summed E-state index contributed by atoms with van der Waals surface area (Å²) in [5, 5.41) is 8.49. The van der Waals surface area contributed by atoms with Crippen molar-refractivity contribution in [1.29, 1.82) is 0 Å². The summed E-state index contributed by atoms with van der Waals surface area (Å²) in [5.74, 6) is -0.121. The van der Waals surface area contributed by atoms with Crippen molar-refractivity contribution < 1.29 is 9.90 Å². The first-order valence-electron chi connectivity index (χ1n) is 7.04. The summed E-state index contributed by atoms with van der Waals surface area (Å²) in [6.07, 6.45) is 14.7. The predicted octanol–water partition coefficient (Wildman–Crippen LogP) is 4.48. The number of hydrogen-bond donors (Lipinski definition) is 1. The number of carbonyl (C=O) groups is 1. The van der Waals surface area contributed by atoms with E-state index >= 15 is 0 Å². The minimum Gasteiger partial charge on any atom is -0.481 e. The molecule has 1 aliphatic rings. The van der Waals surface area contributed by atoms with E-state index in [0.29, 0.717) is 5.92 Å². The zero-order chi connectivity index (χ0) is 13.2. The Morgan fingerprint density at radius 3 is 3.06 bits per heavy atom. The number of carboxylic acid groups (broad SMARTS) is 1. The fourth-order valence-corrected chi connectivity index (χ4v) is 2.42. The Bertz CT molecular complexity index is 346. The highest BCUT2D eigenvalue weighted by atomic mass is 16.4. The first-order valence-corrected chi connectivity index (χ1v) is 7.04. The molecule has 2 heteroatoms. The largest absolute Gasteiger partial charge is 0.481 e. The van der Waals surface area contributed by atoms with Gasteiger partial charge in [0.05, 0.1) is 6.42 Å². The summed E-state index contributed by atoms with van der Waals surface area (Å²) in [6, 6.07) is 0. The molecule has 1 atom stereocenters. The molecule has 0 saturated heterocycles. The average molecular weight is 248 g/mol. The van der Waals surface area contributed by atoms with Crippen LogP contribution in [0.25, 0.3) is 0 Å². The molecule has 0 fully saturated rings. The molecule has 0 aliphatic heterocycles. The Labute approximate surface area is 110 Å². The van der Waals surface area contributed by atoms with Crippen molar-refractivity contribution in [3.8, 4) is 0 Å². The van der Waals surface area contributed by atoms with Gasteiger partial charge in [-0.15, -0.1) is 5.73 Å². The van der Waals surface area contributed by atoms with Crippen LogP contribution in [0.3, 0.4) is 0 Å². The summed E-state index contributed by atoms with van der Waals surface area (Å²) in [6.45, 7) is 2.23. The highest BCUT2D eigenvalue weighted by Crippen LogP contribution is 2.32. The molecular formula is C16H24O2. The number of unbranched alkanes of at least 4 members (excludes halogenated alkanes) is 2. The molecule has 2 nitrogen and oxygen atoms in total. The number of hydrogen-bond acceptors (Lipinski definition) is 1. The van der Waals surface area contributed by atoms with Gasteiger partial charge in [0.25, 0.3) is 0 Å². The number of rotatable bonds is 8. The summed E-state index contributed by atoms with van der Waals surface area (Å²) in [7, 11) is 0. The SMILES string of the molecule is CCCCCC1=CCC[C@@H]1CC=C=CCC(=O)O. The standard InChI is InChI=1S/C16H24O2/c1-2-3-5-9-14-11-8-12-15(14)10-6-4-7-13-16(17)18/h6-7,11,15H,2-3,5,8-10,12-13H2,1H3,(H,17,18)/t4?,15-/m0/s1. The van der Waals surface area contributed by atoms with Crippen LogP contribution in [0.2, 0.25) is 0 Å². The molecule has 0 unspecified atom stereocenters. The molecule has 0 amide bonds. The third-order valence-corrected chi connectivity index (χ3v) is 3.43. The molecule has 0 aromatic heterocycles. The van der Waals surface area contributed by atoms with Crippen molar-refractivity contribution in [2.75, 3.05) is 0 Å². The monoisotopic (exact) mass is 248 g/mol. The van der Waals surface area contributed by atoms with Crippen molar-refractivity contribution in [2.45, 2.75) is 58.3 Å². The average Bonchev–Trinajstić information content (AvgIpc) is 2.76. The third kappa shape index (κ3) is 5.88. The Hall–Kier alpha value is -1.27. The van der Waals surface area contributed by atoms with Crippen LogP contribution in [-0.2, 0) is 4.79 Å². The van der Waals surface area contributed by atoms with E-state index in [9.17, 15) is 4.79 Å². The van der Waals surface area contributed by atoms with Crippen molar-refractivity contribution in [3.05, 3.63) is 29.5 Å². The molecule has 0 saturated carbocycles. The quantitative estimate of drug-likeness (QED) is 0.390. The maximum Gasteiger partial charge on any atom is 0.307 e. The molecule has 0 aromatic rings. The van der Waals surface area contributed by atoms with Crippen LogP contribution in [0.15, 0.2) is 29.5 Å². The van der Waals surface area contributed by atoms with E-state index in [4.69, 9.17) is 5.11 Å². The van der Waals surface area contributed by atoms with Crippen LogP contribution in [0.4, 0.5) is 0 Å². The van der Waals surface area contributed by atoms with Crippen molar-refractivity contribution in [1.82, 2.24) is 0 Å². The van der Waals surface area contributed by atoms with Crippen LogP contribution >= 0.6 is 0 Å². The zero-order valence-electron chi connectivity index (χ0n) is 11.3. The molecule has 100 valence electrons. The first-order chi connectivity index (χ1) is 8.74. The van der Waals surface area contributed by atoms with E-state index < -0.39 is 5.97 Å². The summed E-state index contributed by atoms with van der Waals surface area (Å²) in [5.41, 5.74) is 4.58. The normalized spacial score (nSPS) is 18.1. The fourth-order valence-electron chi connectivity index (χ4n) is 2.42. The minimum absolute atomic E-state index is 0.0698. The van der Waals surface area contributed by atoms with E-state index in [1.165, 1.54) is 38.5 Å². The van der Waals surface area contributed by atoms with Crippen molar-refractivity contribution in [3.63, 3.8) is 0 Å². The number of allylic oxidation sites excluding steroid dienone is 2. The molecule has 1 aliphatic carbocycles. The van der Waals surface area contributed by atoms with Crippen LogP contribution in [-0.4, -0.2) is 11.1 Å². The third-order valence-electron chi connectivity index (χ3n) is 3.43. The Morgan fingerprint density at radius 1 is 1.50 bits per heavy atom. The van der Waals surface area contributed by atoms with Gasteiger partial charge < -0.3 is 5.11 Å². The lowest BCUT2D eigenvalue weighted by molar-refractivity contribution is -0.135. The lowest BCUT2D eigenvalue weighted by Gasteiger charge is -2.12. The van der Waals surface area contributed by atoms with Gasteiger partial charge in [-0.25, -0.2) is 0 Å². The maximum absolute atomic E-state index is 10.3. The second-order valence-corrected chi connectivity index (χ2v) is 4.92. The second-order valence-electron chi connectivity index (χ2n) is 4.92. The molecule has 1 N–H and O–H groups in total. The molecule has 18 heavy (non-hydrogen) atoms. The van der Waals surface area contributed by atoms with Crippen molar-refractivity contribution in [2.24, 2.45) is 5.92 Å². The summed E-state index contributed by atoms with van der Waals surface area (Å²) >= 11 is 0. The molecule has 0 spiro atoms. The second kappa shape index (κ2) is 8.77. The van der Waals surface area contributed by atoms with Crippen molar-refractivity contribution >= 4 is 5.97 Å². The predicted molar refractivity (Wildman–Crippen MR) is 74.5 cm³/mol. The Morgan fingerprint density at radius 2 is 2.33 bits per heavy atom. The van der Waals surface area contributed by atoms with Crippen LogP contribution in [0.5, 0.6) is 0 Å². The molecule has 1 rings (SSSR count). The molecule has 0 aromatic carbocycles. The molecule has 0 heterocycles. The van der Waals surface area contributed by atoms with Gasteiger partial charge in [-0.05, 0) is 50.2 Å². The van der Waals surface area contributed by atoms with Gasteiger partial charge >= 0.3 is 5.97 Å². The lowest BCUT2D eigenvalue weighted by Crippen LogP contribution is -1.97. The fraction of sp³-hybridized carbons (Fsp3) is 0.625. The van der Waals surface area contributed by atoms with E-state index in [1.807, 2.05) is 6.08 Å². The van der Waals surface area contributed by atoms with Gasteiger partial charge in [0.1, 0.15) is 0 Å². The smallest absolute Gasteiger partial charge is 0.307 e. The molecule has 0 radical (unpaired) electrons. The van der Waals surface area contributed by atoms with Gasteiger partial charge in [-0.2, -0.15) is 0 Å². The highest BCUT2D eigenvalue weighted by molar-refractivity contribution is 5.68. The van der Waals surface area contributed by atoms with Gasteiger partial charge in [0.2, 0.25) is 0 Å². The van der Waals surface area contributed by atoms with E-state index in [2.05, 4.69) is 18.7 Å². The summed E-state index contributed by atoms with van der Waals surface area (Å²) in [4.78, 5) is 10.3. The van der Waals surface area contributed by atoms with Crippen LogP contribution in [0, 0.1) is 5.92 Å². The topological polar surface area (TPSA) is 37.3 Å². The van der Waals surface area contributed by atoms with Crippen LogP contribution < -0.4 is 0 Å². The maximum atomic E-state index is 10.3. The van der Waals surface area contributed by atoms with Gasteiger partial charge in [-0.3, -0.25) is 4.79 Å². The van der Waals surface area contributed by atoms with Gasteiger partial charge in [0, 0.05) is 0 Å². The van der Waals surface area contributed by atoms with E-state index in [0.717, 1.165) is 6.42 Å². The summed E-state index contributed by atoms with van der Waals surface area (Å²) < 4.78 is 0. The number of aliphatic carboxylic acids is 1. The Balaban J connectivity index is 2.31. The number of carboxylic acids is 1. The lowest BCUT2D eigenvalue weighted by atomic mass is 9.93. The Kier molecular flexibility index (Phi) is 7.20. The van der Waals surface area contributed by atoms with Gasteiger partial charge in [0.15, 0.2) is 0 Å². The van der Waals surface area contributed by atoms with E-state index in [-0.39, 0.29) is 6.42 Å². The van der Waals surface area contributed by atoms with Crippen LogP contribution in [0.1, 0.15) is 58.3 Å². The molecular weight excluding hydrogens is 224 g/mol. The highest BCUT2D eigenvalue weighted by Gasteiger charge is 2.16. The first kappa shape index (κ1) is 14.8. The zero-order valence-corrected chi connectivity index (χ0v) is 11.3. The minimum atomic E-state index is -0.795. The molecule has 0 bridgehead atoms.